The Kier molecular flexibility index (Phi) is 2.83. The lowest BCUT2D eigenvalue weighted by atomic mass is 9.90. The second-order valence-corrected chi connectivity index (χ2v) is 5.01. The van der Waals surface area contributed by atoms with Crippen molar-refractivity contribution in [1.29, 1.82) is 0 Å². The molecule has 1 aliphatic carbocycles. The smallest absolute Gasteiger partial charge is 0.113 e. The summed E-state index contributed by atoms with van der Waals surface area (Å²) in [5.41, 5.74) is 0. The molecule has 1 aromatic rings. The van der Waals surface area contributed by atoms with Crippen molar-refractivity contribution < 1.29 is 5.11 Å². The Hall–Kier alpha value is -0.160. The number of nitrogens with zero attached hydrogens (tertiary/aromatic N) is 1. The highest BCUT2D eigenvalue weighted by molar-refractivity contribution is 7.15. The largest absolute Gasteiger partial charge is 0.393 e. The number of aromatic nitrogens is 1. The van der Waals surface area contributed by atoms with Crippen LogP contribution in [0.5, 0.6) is 0 Å². The highest BCUT2D eigenvalue weighted by atomic mass is 35.5. The molecule has 0 unspecified atom stereocenters. The first-order valence-corrected chi connectivity index (χ1v) is 5.45. The highest BCUT2D eigenvalue weighted by Gasteiger charge is 2.26. The van der Waals surface area contributed by atoms with E-state index in [1.807, 2.05) is 0 Å². The molecule has 1 heterocycles. The zero-order valence-electron chi connectivity index (χ0n) is 7.03. The third-order valence-corrected chi connectivity index (χ3v) is 3.30. The quantitative estimate of drug-likeness (QED) is 0.807. The normalized spacial score (nSPS) is 27.2. The summed E-state index contributed by atoms with van der Waals surface area (Å²) in [6.07, 6.45) is 3.29. The molecule has 13 heavy (non-hydrogen) atoms. The summed E-state index contributed by atoms with van der Waals surface area (Å²) in [4.78, 5) is 4.13. The summed E-state index contributed by atoms with van der Waals surface area (Å²) in [7, 11) is 0. The van der Waals surface area contributed by atoms with Crippen LogP contribution in [-0.4, -0.2) is 22.2 Å². The van der Waals surface area contributed by atoms with Crippen molar-refractivity contribution in [2.75, 3.05) is 0 Å². The lowest BCUT2D eigenvalue weighted by molar-refractivity contribution is 0.0619. The van der Waals surface area contributed by atoms with E-state index in [0.717, 1.165) is 28.7 Å². The molecule has 1 fully saturated rings. The van der Waals surface area contributed by atoms with Gasteiger partial charge in [-0.2, -0.15) is 0 Å². The zero-order chi connectivity index (χ0) is 9.26. The fourth-order valence-electron chi connectivity index (χ4n) is 1.36. The summed E-state index contributed by atoms with van der Waals surface area (Å²) in [5.74, 6) is 0. The standard InChI is InChI=1S/C8H11ClN2OS/c9-7-3-11-8(13-7)4-10-5-1-6(12)2-5/h3,5-6,10,12H,1-2,4H2. The van der Waals surface area contributed by atoms with Gasteiger partial charge in [-0.3, -0.25) is 0 Å². The Morgan fingerprint density at radius 1 is 1.69 bits per heavy atom. The van der Waals surface area contributed by atoms with Crippen molar-refractivity contribution in [3.05, 3.63) is 15.5 Å². The Balaban J connectivity index is 1.74. The first-order valence-electron chi connectivity index (χ1n) is 4.25. The molecule has 5 heteroatoms. The van der Waals surface area contributed by atoms with Gasteiger partial charge in [0, 0.05) is 12.6 Å². The van der Waals surface area contributed by atoms with E-state index < -0.39 is 0 Å². The topological polar surface area (TPSA) is 45.1 Å². The van der Waals surface area contributed by atoms with Gasteiger partial charge in [0.2, 0.25) is 0 Å². The average molecular weight is 219 g/mol. The molecular formula is C8H11ClN2OS. The molecule has 1 aromatic heterocycles. The third-order valence-electron chi connectivity index (χ3n) is 2.18. The Bertz CT molecular complexity index is 285. The Morgan fingerprint density at radius 3 is 3.00 bits per heavy atom. The van der Waals surface area contributed by atoms with Crippen LogP contribution in [0.1, 0.15) is 17.8 Å². The molecule has 0 aliphatic heterocycles. The van der Waals surface area contributed by atoms with Crippen molar-refractivity contribution in [2.24, 2.45) is 0 Å². The van der Waals surface area contributed by atoms with Gasteiger partial charge in [0.15, 0.2) is 0 Å². The molecule has 1 aliphatic rings. The third kappa shape index (κ3) is 2.40. The number of aliphatic hydroxyl groups excluding tert-OH is 1. The molecule has 0 bridgehead atoms. The number of rotatable bonds is 3. The van der Waals surface area contributed by atoms with Gasteiger partial charge >= 0.3 is 0 Å². The van der Waals surface area contributed by atoms with Gasteiger partial charge in [0.05, 0.1) is 12.3 Å². The lowest BCUT2D eigenvalue weighted by Gasteiger charge is -2.31. The Labute approximate surface area is 85.8 Å². The minimum atomic E-state index is -0.0996. The van der Waals surface area contributed by atoms with E-state index in [0.29, 0.717) is 6.04 Å². The van der Waals surface area contributed by atoms with Crippen molar-refractivity contribution in [1.82, 2.24) is 10.3 Å². The molecule has 3 nitrogen and oxygen atoms in total. The predicted octanol–water partition coefficient (Wildman–Crippen LogP) is 1.41. The second kappa shape index (κ2) is 3.92. The molecule has 1 saturated carbocycles. The molecule has 0 saturated heterocycles. The number of aliphatic hydroxyl groups is 1. The van der Waals surface area contributed by atoms with Crippen molar-refractivity contribution in [2.45, 2.75) is 31.5 Å². The van der Waals surface area contributed by atoms with E-state index in [1.54, 1.807) is 6.20 Å². The van der Waals surface area contributed by atoms with Gasteiger partial charge in [-0.1, -0.05) is 11.6 Å². The Morgan fingerprint density at radius 2 is 2.46 bits per heavy atom. The van der Waals surface area contributed by atoms with Gasteiger partial charge in [-0.15, -0.1) is 11.3 Å². The van der Waals surface area contributed by atoms with Crippen LogP contribution in [0.2, 0.25) is 4.34 Å². The molecular weight excluding hydrogens is 208 g/mol. The first kappa shape index (κ1) is 9.40. The summed E-state index contributed by atoms with van der Waals surface area (Å²) in [6, 6.07) is 0.456. The summed E-state index contributed by atoms with van der Waals surface area (Å²) >= 11 is 7.23. The van der Waals surface area contributed by atoms with Gasteiger partial charge < -0.3 is 10.4 Å². The minimum Gasteiger partial charge on any atom is -0.393 e. The van der Waals surface area contributed by atoms with E-state index >= 15 is 0 Å². The van der Waals surface area contributed by atoms with Gasteiger partial charge in [0.1, 0.15) is 9.34 Å². The van der Waals surface area contributed by atoms with Crippen LogP contribution in [-0.2, 0) is 6.54 Å². The van der Waals surface area contributed by atoms with Crippen LogP contribution < -0.4 is 5.32 Å². The fraction of sp³-hybridized carbons (Fsp3) is 0.625. The van der Waals surface area contributed by atoms with E-state index in [2.05, 4.69) is 10.3 Å². The highest BCUT2D eigenvalue weighted by Crippen LogP contribution is 2.21. The number of thiazole rings is 1. The molecule has 0 aromatic carbocycles. The van der Waals surface area contributed by atoms with Crippen molar-refractivity contribution in [3.63, 3.8) is 0 Å². The van der Waals surface area contributed by atoms with Crippen LogP contribution >= 0.6 is 22.9 Å². The predicted molar refractivity (Wildman–Crippen MR) is 53.0 cm³/mol. The molecule has 0 radical (unpaired) electrons. The van der Waals surface area contributed by atoms with Crippen LogP contribution in [0.4, 0.5) is 0 Å². The van der Waals surface area contributed by atoms with E-state index in [9.17, 15) is 0 Å². The lowest BCUT2D eigenvalue weighted by Crippen LogP contribution is -2.43. The molecule has 2 rings (SSSR count). The SMILES string of the molecule is OC1CC(NCc2ncc(Cl)s2)C1. The molecule has 0 amide bonds. The van der Waals surface area contributed by atoms with Crippen molar-refractivity contribution in [3.8, 4) is 0 Å². The van der Waals surface area contributed by atoms with Crippen LogP contribution in [0.25, 0.3) is 0 Å². The van der Waals surface area contributed by atoms with Gasteiger partial charge in [0.25, 0.3) is 0 Å². The van der Waals surface area contributed by atoms with E-state index in [1.165, 1.54) is 11.3 Å². The number of halogens is 1. The number of hydrogen-bond acceptors (Lipinski definition) is 4. The maximum atomic E-state index is 9.05. The molecule has 72 valence electrons. The summed E-state index contributed by atoms with van der Waals surface area (Å²) in [5, 5.41) is 13.4. The zero-order valence-corrected chi connectivity index (χ0v) is 8.61. The number of hydrogen-bond donors (Lipinski definition) is 2. The monoisotopic (exact) mass is 218 g/mol. The second-order valence-electron chi connectivity index (χ2n) is 3.26. The first-order chi connectivity index (χ1) is 6.24. The molecule has 0 spiro atoms. The average Bonchev–Trinajstić information content (AvgIpc) is 2.43. The van der Waals surface area contributed by atoms with Crippen LogP contribution in [0.15, 0.2) is 6.20 Å². The maximum absolute atomic E-state index is 9.05. The minimum absolute atomic E-state index is 0.0996. The molecule has 2 N–H and O–H groups in total. The summed E-state index contributed by atoms with van der Waals surface area (Å²) < 4.78 is 0.727. The van der Waals surface area contributed by atoms with Crippen molar-refractivity contribution >= 4 is 22.9 Å². The number of nitrogens with one attached hydrogen (secondary N) is 1. The fourth-order valence-corrected chi connectivity index (χ4v) is 2.26. The van der Waals surface area contributed by atoms with Crippen LogP contribution in [0.3, 0.4) is 0 Å². The summed E-state index contributed by atoms with van der Waals surface area (Å²) in [6.45, 7) is 0.759. The van der Waals surface area contributed by atoms with Gasteiger partial charge in [-0.25, -0.2) is 4.98 Å². The van der Waals surface area contributed by atoms with Gasteiger partial charge in [-0.05, 0) is 12.8 Å². The van der Waals surface area contributed by atoms with E-state index in [-0.39, 0.29) is 6.10 Å². The maximum Gasteiger partial charge on any atom is 0.113 e. The molecule has 0 atom stereocenters. The van der Waals surface area contributed by atoms with Crippen LogP contribution in [0, 0.1) is 0 Å². The van der Waals surface area contributed by atoms with E-state index in [4.69, 9.17) is 16.7 Å².